The van der Waals surface area contributed by atoms with Gasteiger partial charge in [-0.25, -0.2) is 4.98 Å². The second-order valence-electron chi connectivity index (χ2n) is 6.62. The number of carbonyl (C=O) groups excluding carboxylic acids is 2. The summed E-state index contributed by atoms with van der Waals surface area (Å²) < 4.78 is 0. The third kappa shape index (κ3) is 4.64. The van der Waals surface area contributed by atoms with E-state index in [1.165, 1.54) is 11.8 Å². The molecular formula is C21H18ClN3O2S. The number of aromatic nitrogens is 1. The highest BCUT2D eigenvalue weighted by molar-refractivity contribution is 7.99. The van der Waals surface area contributed by atoms with Crippen molar-refractivity contribution in [2.75, 3.05) is 11.1 Å². The normalized spacial score (nSPS) is 13.3. The van der Waals surface area contributed by atoms with Gasteiger partial charge in [-0.15, -0.1) is 0 Å². The molecule has 1 saturated carbocycles. The van der Waals surface area contributed by atoms with E-state index in [1.54, 1.807) is 30.3 Å². The summed E-state index contributed by atoms with van der Waals surface area (Å²) in [5.74, 6) is -0.0442. The van der Waals surface area contributed by atoms with Crippen LogP contribution in [-0.2, 0) is 4.79 Å². The molecule has 0 radical (unpaired) electrons. The highest BCUT2D eigenvalue weighted by Crippen LogP contribution is 2.26. The molecule has 0 saturated heterocycles. The van der Waals surface area contributed by atoms with Gasteiger partial charge in [0.1, 0.15) is 0 Å². The zero-order valence-electron chi connectivity index (χ0n) is 14.9. The quantitative estimate of drug-likeness (QED) is 0.585. The number of nitrogens with zero attached hydrogens (tertiary/aromatic N) is 1. The van der Waals surface area contributed by atoms with Crippen LogP contribution in [0.15, 0.2) is 59.6 Å². The number of anilines is 1. The number of fused-ring (bicyclic) bond motifs is 1. The fraction of sp³-hybridized carbons (Fsp3) is 0.190. The number of benzene rings is 2. The number of amides is 2. The van der Waals surface area contributed by atoms with E-state index >= 15 is 0 Å². The van der Waals surface area contributed by atoms with E-state index in [-0.39, 0.29) is 23.6 Å². The molecule has 28 heavy (non-hydrogen) atoms. The van der Waals surface area contributed by atoms with Gasteiger partial charge in [0.05, 0.1) is 21.9 Å². The molecule has 2 N–H and O–H groups in total. The van der Waals surface area contributed by atoms with Crippen molar-refractivity contribution in [3.63, 3.8) is 0 Å². The van der Waals surface area contributed by atoms with Crippen LogP contribution in [0, 0.1) is 0 Å². The molecule has 7 heteroatoms. The Balaban J connectivity index is 1.49. The molecule has 0 bridgehead atoms. The van der Waals surface area contributed by atoms with Crippen molar-refractivity contribution < 1.29 is 9.59 Å². The van der Waals surface area contributed by atoms with Gasteiger partial charge in [0.25, 0.3) is 5.91 Å². The highest BCUT2D eigenvalue weighted by atomic mass is 35.5. The summed E-state index contributed by atoms with van der Waals surface area (Å²) in [5, 5.41) is 7.92. The Morgan fingerprint density at radius 2 is 1.86 bits per heavy atom. The molecule has 2 amide bonds. The van der Waals surface area contributed by atoms with Gasteiger partial charge in [-0.1, -0.05) is 41.6 Å². The predicted octanol–water partition coefficient (Wildman–Crippen LogP) is 4.51. The topological polar surface area (TPSA) is 71.1 Å². The molecule has 1 aliphatic rings. The van der Waals surface area contributed by atoms with Gasteiger partial charge in [0, 0.05) is 22.1 Å². The lowest BCUT2D eigenvalue weighted by Crippen LogP contribution is -2.25. The third-order valence-electron chi connectivity index (χ3n) is 4.33. The molecule has 1 fully saturated rings. The van der Waals surface area contributed by atoms with Crippen LogP contribution in [0.4, 0.5) is 5.69 Å². The summed E-state index contributed by atoms with van der Waals surface area (Å²) in [6, 6.07) is 16.5. The largest absolute Gasteiger partial charge is 0.349 e. The molecule has 0 atom stereocenters. The smallest absolute Gasteiger partial charge is 0.252 e. The monoisotopic (exact) mass is 411 g/mol. The van der Waals surface area contributed by atoms with E-state index in [1.807, 2.05) is 24.3 Å². The fourth-order valence-electron chi connectivity index (χ4n) is 2.77. The van der Waals surface area contributed by atoms with Gasteiger partial charge in [-0.05, 0) is 49.2 Å². The van der Waals surface area contributed by atoms with E-state index in [0.29, 0.717) is 21.3 Å². The van der Waals surface area contributed by atoms with Gasteiger partial charge in [0.15, 0.2) is 0 Å². The minimum atomic E-state index is -0.147. The molecule has 1 aromatic heterocycles. The minimum Gasteiger partial charge on any atom is -0.349 e. The lowest BCUT2D eigenvalue weighted by molar-refractivity contribution is -0.113. The number of halogens is 1. The number of rotatable bonds is 6. The first-order valence-corrected chi connectivity index (χ1v) is 10.3. The van der Waals surface area contributed by atoms with Crippen LogP contribution < -0.4 is 10.6 Å². The van der Waals surface area contributed by atoms with Crippen LogP contribution in [0.3, 0.4) is 0 Å². The molecule has 3 aromatic rings. The number of carbonyl (C=O) groups is 2. The SMILES string of the molecule is O=C(CSc1cc(C(=O)NC2CC2)c2ccccc2n1)Nc1ccc(Cl)cc1. The summed E-state index contributed by atoms with van der Waals surface area (Å²) in [4.78, 5) is 29.5. The maximum Gasteiger partial charge on any atom is 0.252 e. The predicted molar refractivity (Wildman–Crippen MR) is 113 cm³/mol. The summed E-state index contributed by atoms with van der Waals surface area (Å²) in [6.07, 6.45) is 2.06. The summed E-state index contributed by atoms with van der Waals surface area (Å²) in [7, 11) is 0. The molecule has 1 heterocycles. The van der Waals surface area contributed by atoms with Crippen molar-refractivity contribution in [1.29, 1.82) is 0 Å². The molecular weight excluding hydrogens is 394 g/mol. The molecule has 5 nitrogen and oxygen atoms in total. The first-order chi connectivity index (χ1) is 13.6. The number of hydrogen-bond acceptors (Lipinski definition) is 4. The molecule has 1 aliphatic carbocycles. The number of pyridine rings is 1. The highest BCUT2D eigenvalue weighted by Gasteiger charge is 2.25. The van der Waals surface area contributed by atoms with Crippen LogP contribution in [0.25, 0.3) is 10.9 Å². The van der Waals surface area contributed by atoms with Crippen LogP contribution in [0.5, 0.6) is 0 Å². The second kappa shape index (κ2) is 8.20. The van der Waals surface area contributed by atoms with Crippen molar-refractivity contribution in [3.8, 4) is 0 Å². The lowest BCUT2D eigenvalue weighted by Gasteiger charge is -2.10. The van der Waals surface area contributed by atoms with E-state index in [9.17, 15) is 9.59 Å². The Hall–Kier alpha value is -2.57. The number of nitrogens with one attached hydrogen (secondary N) is 2. The lowest BCUT2D eigenvalue weighted by atomic mass is 10.1. The van der Waals surface area contributed by atoms with E-state index in [4.69, 9.17) is 11.6 Å². The molecule has 142 valence electrons. The summed E-state index contributed by atoms with van der Waals surface area (Å²) in [5.41, 5.74) is 2.02. The van der Waals surface area contributed by atoms with Gasteiger partial charge >= 0.3 is 0 Å². The minimum absolute atomic E-state index is 0.0893. The van der Waals surface area contributed by atoms with Gasteiger partial charge in [0.2, 0.25) is 5.91 Å². The van der Waals surface area contributed by atoms with Gasteiger partial charge < -0.3 is 10.6 Å². The van der Waals surface area contributed by atoms with Crippen LogP contribution in [-0.4, -0.2) is 28.6 Å². The Bertz CT molecular complexity index is 1040. The Kier molecular flexibility index (Phi) is 5.50. The standard InChI is InChI=1S/C21H18ClN3O2S/c22-13-5-7-14(8-6-13)23-19(26)12-28-20-11-17(21(27)24-15-9-10-15)16-3-1-2-4-18(16)25-20/h1-8,11,15H,9-10,12H2,(H,23,26)(H,24,27). The third-order valence-corrected chi connectivity index (χ3v) is 5.49. The van der Waals surface area contributed by atoms with Crippen molar-refractivity contribution in [2.45, 2.75) is 23.9 Å². The number of hydrogen-bond donors (Lipinski definition) is 2. The van der Waals surface area contributed by atoms with Crippen molar-refractivity contribution >= 4 is 51.8 Å². The zero-order valence-corrected chi connectivity index (χ0v) is 16.5. The molecule has 0 unspecified atom stereocenters. The number of thioether (sulfide) groups is 1. The second-order valence-corrected chi connectivity index (χ2v) is 8.05. The van der Waals surface area contributed by atoms with Crippen LogP contribution in [0.2, 0.25) is 5.02 Å². The summed E-state index contributed by atoms with van der Waals surface area (Å²) >= 11 is 7.16. The maximum absolute atomic E-state index is 12.6. The molecule has 0 spiro atoms. The molecule has 2 aromatic carbocycles. The average Bonchev–Trinajstić information content (AvgIpc) is 3.51. The first-order valence-electron chi connectivity index (χ1n) is 8.97. The molecule has 4 rings (SSSR count). The van der Waals surface area contributed by atoms with E-state index < -0.39 is 0 Å². The van der Waals surface area contributed by atoms with Crippen LogP contribution >= 0.6 is 23.4 Å². The number of para-hydroxylation sites is 1. The van der Waals surface area contributed by atoms with Gasteiger partial charge in [-0.3, -0.25) is 9.59 Å². The molecule has 0 aliphatic heterocycles. The Morgan fingerprint density at radius 1 is 1.11 bits per heavy atom. The Morgan fingerprint density at radius 3 is 2.61 bits per heavy atom. The fourth-order valence-corrected chi connectivity index (χ4v) is 3.61. The van der Waals surface area contributed by atoms with E-state index in [0.717, 1.165) is 23.7 Å². The van der Waals surface area contributed by atoms with Crippen molar-refractivity contribution in [3.05, 3.63) is 65.2 Å². The summed E-state index contributed by atoms with van der Waals surface area (Å²) in [6.45, 7) is 0. The maximum atomic E-state index is 12.6. The van der Waals surface area contributed by atoms with E-state index in [2.05, 4.69) is 15.6 Å². The average molecular weight is 412 g/mol. The zero-order chi connectivity index (χ0) is 19.5. The van der Waals surface area contributed by atoms with Crippen LogP contribution in [0.1, 0.15) is 23.2 Å². The first kappa shape index (κ1) is 18.8. The van der Waals surface area contributed by atoms with Crippen molar-refractivity contribution in [1.82, 2.24) is 10.3 Å². The Labute approximate surface area is 171 Å². The van der Waals surface area contributed by atoms with Gasteiger partial charge in [-0.2, -0.15) is 0 Å². The van der Waals surface area contributed by atoms with Crippen molar-refractivity contribution in [2.24, 2.45) is 0 Å².